The van der Waals surface area contributed by atoms with Crippen LogP contribution in [0.4, 0.5) is 5.82 Å². The highest BCUT2D eigenvalue weighted by atomic mass is 15.0. The Labute approximate surface area is 89.3 Å². The van der Waals surface area contributed by atoms with Crippen LogP contribution in [0.25, 0.3) is 10.9 Å². The van der Waals surface area contributed by atoms with Crippen molar-refractivity contribution in [3.8, 4) is 0 Å². The molecule has 15 heavy (non-hydrogen) atoms. The number of aromatic nitrogens is 1. The molecule has 0 aliphatic carbocycles. The van der Waals surface area contributed by atoms with Gasteiger partial charge in [-0.05, 0) is 44.0 Å². The quantitative estimate of drug-likeness (QED) is 0.704. The number of hydrogen-bond acceptors (Lipinski definition) is 2. The van der Waals surface area contributed by atoms with E-state index in [2.05, 4.69) is 48.4 Å². The summed E-state index contributed by atoms with van der Waals surface area (Å²) in [7, 11) is 0. The Bertz CT molecular complexity index is 531. The molecule has 2 nitrogen and oxygen atoms in total. The molecule has 2 aromatic rings. The Morgan fingerprint density at radius 1 is 1.33 bits per heavy atom. The van der Waals surface area contributed by atoms with E-state index >= 15 is 0 Å². The predicted molar refractivity (Wildman–Crippen MR) is 63.3 cm³/mol. The van der Waals surface area contributed by atoms with Crippen LogP contribution >= 0.6 is 0 Å². The maximum atomic E-state index is 4.64. The van der Waals surface area contributed by atoms with Gasteiger partial charge in [-0.3, -0.25) is 0 Å². The Balaban J connectivity index is 2.25. The fraction of sp³-hybridized carbons (Fsp3) is 0.308. The van der Waals surface area contributed by atoms with E-state index in [0.29, 0.717) is 6.04 Å². The van der Waals surface area contributed by atoms with E-state index < -0.39 is 0 Å². The number of aryl methyl sites for hydroxylation is 1. The van der Waals surface area contributed by atoms with Crippen LogP contribution < -0.4 is 5.32 Å². The Morgan fingerprint density at radius 2 is 2.20 bits per heavy atom. The molecule has 0 bridgehead atoms. The summed E-state index contributed by atoms with van der Waals surface area (Å²) >= 11 is 0. The second-order valence-corrected chi connectivity index (χ2v) is 4.44. The second kappa shape index (κ2) is 2.96. The summed E-state index contributed by atoms with van der Waals surface area (Å²) in [6, 6.07) is 9.19. The molecule has 2 heteroatoms. The van der Waals surface area contributed by atoms with Gasteiger partial charge in [-0.25, -0.2) is 4.98 Å². The molecular weight excluding hydrogens is 184 g/mol. The Morgan fingerprint density at radius 3 is 3.07 bits per heavy atom. The van der Waals surface area contributed by atoms with Crippen molar-refractivity contribution in [2.45, 2.75) is 26.3 Å². The van der Waals surface area contributed by atoms with E-state index in [1.807, 2.05) is 0 Å². The molecule has 1 atom stereocenters. The molecule has 1 unspecified atom stereocenters. The summed E-state index contributed by atoms with van der Waals surface area (Å²) in [6.45, 7) is 4.31. The first-order valence-electron chi connectivity index (χ1n) is 5.39. The molecule has 0 radical (unpaired) electrons. The first kappa shape index (κ1) is 8.72. The highest BCUT2D eigenvalue weighted by molar-refractivity contribution is 5.83. The highest BCUT2D eigenvalue weighted by Gasteiger charge is 2.18. The van der Waals surface area contributed by atoms with Crippen molar-refractivity contribution in [3.63, 3.8) is 0 Å². The zero-order valence-electron chi connectivity index (χ0n) is 9.04. The van der Waals surface area contributed by atoms with Gasteiger partial charge in [0.2, 0.25) is 0 Å². The van der Waals surface area contributed by atoms with Crippen LogP contribution in [0.3, 0.4) is 0 Å². The first-order valence-corrected chi connectivity index (χ1v) is 5.39. The van der Waals surface area contributed by atoms with Crippen molar-refractivity contribution in [3.05, 3.63) is 35.4 Å². The summed E-state index contributed by atoms with van der Waals surface area (Å²) < 4.78 is 0. The summed E-state index contributed by atoms with van der Waals surface area (Å²) in [5.41, 5.74) is 3.73. The predicted octanol–water partition coefficient (Wildman–Crippen LogP) is 2.90. The second-order valence-electron chi connectivity index (χ2n) is 4.44. The largest absolute Gasteiger partial charge is 0.367 e. The lowest BCUT2D eigenvalue weighted by atomic mass is 10.1. The third kappa shape index (κ3) is 1.37. The molecule has 0 fully saturated rings. The van der Waals surface area contributed by atoms with Gasteiger partial charge in [-0.15, -0.1) is 0 Å². The zero-order chi connectivity index (χ0) is 10.4. The van der Waals surface area contributed by atoms with E-state index in [1.54, 1.807) is 0 Å². The maximum absolute atomic E-state index is 4.64. The van der Waals surface area contributed by atoms with Crippen LogP contribution in [0.2, 0.25) is 0 Å². The van der Waals surface area contributed by atoms with Crippen LogP contribution in [0, 0.1) is 6.92 Å². The lowest BCUT2D eigenvalue weighted by Gasteiger charge is -2.03. The number of nitrogens with one attached hydrogen (secondary N) is 1. The van der Waals surface area contributed by atoms with Gasteiger partial charge in [-0.2, -0.15) is 0 Å². The summed E-state index contributed by atoms with van der Waals surface area (Å²) in [5.74, 6) is 1.07. The van der Waals surface area contributed by atoms with Crippen molar-refractivity contribution < 1.29 is 0 Å². The molecule has 1 aliphatic rings. The summed E-state index contributed by atoms with van der Waals surface area (Å²) in [5, 5.41) is 4.65. The lowest BCUT2D eigenvalue weighted by molar-refractivity contribution is 0.839. The normalized spacial score (nSPS) is 18.9. The van der Waals surface area contributed by atoms with Crippen LogP contribution in [0.5, 0.6) is 0 Å². The molecule has 1 N–H and O–H groups in total. The van der Waals surface area contributed by atoms with Crippen molar-refractivity contribution >= 4 is 16.7 Å². The van der Waals surface area contributed by atoms with E-state index in [9.17, 15) is 0 Å². The topological polar surface area (TPSA) is 24.9 Å². The van der Waals surface area contributed by atoms with Gasteiger partial charge in [0.05, 0.1) is 5.52 Å². The zero-order valence-corrected chi connectivity index (χ0v) is 9.04. The minimum Gasteiger partial charge on any atom is -0.367 e. The van der Waals surface area contributed by atoms with Gasteiger partial charge in [0.25, 0.3) is 0 Å². The first-order chi connectivity index (χ1) is 7.22. The molecule has 2 heterocycles. The van der Waals surface area contributed by atoms with E-state index in [4.69, 9.17) is 0 Å². The van der Waals surface area contributed by atoms with Crippen molar-refractivity contribution in [2.24, 2.45) is 0 Å². The van der Waals surface area contributed by atoms with E-state index in [-0.39, 0.29) is 0 Å². The molecule has 0 saturated carbocycles. The minimum atomic E-state index is 0.519. The molecule has 0 saturated heterocycles. The van der Waals surface area contributed by atoms with Gasteiger partial charge in [0.15, 0.2) is 0 Å². The van der Waals surface area contributed by atoms with Gasteiger partial charge in [0.1, 0.15) is 5.82 Å². The molecule has 1 aromatic carbocycles. The van der Waals surface area contributed by atoms with Gasteiger partial charge >= 0.3 is 0 Å². The molecule has 76 valence electrons. The molecule has 1 aliphatic heterocycles. The number of hydrogen-bond donors (Lipinski definition) is 1. The lowest BCUT2D eigenvalue weighted by Crippen LogP contribution is -2.08. The molecule has 1 aromatic heterocycles. The van der Waals surface area contributed by atoms with Crippen molar-refractivity contribution in [1.82, 2.24) is 4.98 Å². The van der Waals surface area contributed by atoms with Gasteiger partial charge < -0.3 is 5.32 Å². The molecular formula is C13H14N2. The molecule has 3 rings (SSSR count). The average Bonchev–Trinajstić information content (AvgIpc) is 2.53. The number of pyridine rings is 1. The van der Waals surface area contributed by atoms with Crippen LogP contribution in [-0.4, -0.2) is 11.0 Å². The molecule has 0 amide bonds. The van der Waals surface area contributed by atoms with Crippen molar-refractivity contribution in [2.75, 3.05) is 5.32 Å². The Hall–Kier alpha value is -1.57. The van der Waals surface area contributed by atoms with Crippen LogP contribution in [0.15, 0.2) is 24.3 Å². The Kier molecular flexibility index (Phi) is 1.72. The standard InChI is InChI=1S/C13H14N2/c1-8-3-4-12-10(5-8)7-11-6-9(2)14-13(11)15-12/h3-5,7,9H,6H2,1-2H3,(H,14,15). The van der Waals surface area contributed by atoms with Gasteiger partial charge in [-0.1, -0.05) is 11.6 Å². The third-order valence-electron chi connectivity index (χ3n) is 2.96. The molecule has 0 spiro atoms. The number of fused-ring (bicyclic) bond motifs is 2. The minimum absolute atomic E-state index is 0.519. The average molecular weight is 198 g/mol. The summed E-state index contributed by atoms with van der Waals surface area (Å²) in [4.78, 5) is 4.64. The third-order valence-corrected chi connectivity index (χ3v) is 2.96. The number of rotatable bonds is 0. The van der Waals surface area contributed by atoms with E-state index in [1.165, 1.54) is 16.5 Å². The van der Waals surface area contributed by atoms with Crippen LogP contribution in [0.1, 0.15) is 18.1 Å². The van der Waals surface area contributed by atoms with Gasteiger partial charge in [0, 0.05) is 11.4 Å². The fourth-order valence-electron chi connectivity index (χ4n) is 2.23. The van der Waals surface area contributed by atoms with E-state index in [0.717, 1.165) is 17.8 Å². The highest BCUT2D eigenvalue weighted by Crippen LogP contribution is 2.27. The fourth-order valence-corrected chi connectivity index (χ4v) is 2.23. The van der Waals surface area contributed by atoms with Crippen LogP contribution in [-0.2, 0) is 6.42 Å². The number of nitrogens with zero attached hydrogens (tertiary/aromatic N) is 1. The van der Waals surface area contributed by atoms with Crippen molar-refractivity contribution in [1.29, 1.82) is 0 Å². The number of benzene rings is 1. The smallest absolute Gasteiger partial charge is 0.130 e. The maximum Gasteiger partial charge on any atom is 0.130 e. The number of anilines is 1. The SMILES string of the molecule is Cc1ccc2nc3c(cc2c1)CC(C)N3. The summed E-state index contributed by atoms with van der Waals surface area (Å²) in [6.07, 6.45) is 1.09. The monoisotopic (exact) mass is 198 g/mol.